The van der Waals surface area contributed by atoms with E-state index in [1.54, 1.807) is 110 Å². The van der Waals surface area contributed by atoms with Crippen molar-refractivity contribution in [2.45, 2.75) is 52.4 Å². The van der Waals surface area contributed by atoms with Gasteiger partial charge in [-0.1, -0.05) is 13.8 Å². The topological polar surface area (TPSA) is 170 Å². The summed E-state index contributed by atoms with van der Waals surface area (Å²) in [5.74, 6) is -0.733. The van der Waals surface area contributed by atoms with Gasteiger partial charge in [0, 0.05) is 105 Å². The first-order valence-electron chi connectivity index (χ1n) is 18.7. The number of hydrogen-bond donors (Lipinski definition) is 1. The Hall–Kier alpha value is -6.64. The maximum absolute atomic E-state index is 13.5. The first-order chi connectivity index (χ1) is 27.0. The molecule has 0 atom stereocenters. The second-order valence-electron chi connectivity index (χ2n) is 14.6. The van der Waals surface area contributed by atoms with Crippen molar-refractivity contribution in [2.75, 3.05) is 5.32 Å². The Morgan fingerprint density at radius 3 is 1.30 bits per heavy atom. The van der Waals surface area contributed by atoms with Gasteiger partial charge in [0.25, 0.3) is 5.91 Å². The average Bonchev–Trinajstić information content (AvgIpc) is 4.01. The average molecular weight is 774 g/mol. The number of amides is 1. The van der Waals surface area contributed by atoms with Crippen LogP contribution in [-0.4, -0.2) is 72.2 Å². The molecule has 6 heterocycles. The fraction of sp³-hybridized carbons (Fsp3) is 0.333. The predicted molar refractivity (Wildman–Crippen MR) is 212 cm³/mol. The molecule has 0 spiro atoms. The van der Waals surface area contributed by atoms with E-state index in [0.717, 1.165) is 17.5 Å². The molecule has 0 radical (unpaired) electrons. The molecule has 15 nitrogen and oxygen atoms in total. The van der Waals surface area contributed by atoms with Crippen LogP contribution in [0.15, 0.2) is 61.4 Å². The molecule has 1 N–H and O–H groups in total. The number of imidazole rings is 2. The maximum atomic E-state index is 13.5. The van der Waals surface area contributed by atoms with Crippen LogP contribution in [0.4, 0.5) is 5.82 Å². The lowest BCUT2D eigenvalue weighted by Crippen LogP contribution is -2.17. The molecule has 0 bridgehead atoms. The zero-order chi connectivity index (χ0) is 41.3. The number of nitrogens with one attached hydrogen (secondary N) is 1. The lowest BCUT2D eigenvalue weighted by Gasteiger charge is -2.01. The number of rotatable bonds is 17. The Morgan fingerprint density at radius 2 is 0.877 bits per heavy atom. The second-order valence-corrected chi connectivity index (χ2v) is 14.6. The van der Waals surface area contributed by atoms with E-state index < -0.39 is 5.91 Å². The number of anilines is 1. The molecule has 57 heavy (non-hydrogen) atoms. The van der Waals surface area contributed by atoms with Crippen LogP contribution in [0.1, 0.15) is 111 Å². The summed E-state index contributed by atoms with van der Waals surface area (Å²) in [6.45, 7) is 3.78. The monoisotopic (exact) mass is 773 g/mol. The van der Waals surface area contributed by atoms with Crippen molar-refractivity contribution in [3.63, 3.8) is 0 Å². The van der Waals surface area contributed by atoms with Crippen LogP contribution in [0.3, 0.4) is 0 Å². The number of hydrogen-bond acceptors (Lipinski definition) is 8. The van der Waals surface area contributed by atoms with E-state index in [1.807, 2.05) is 30.8 Å². The highest BCUT2D eigenvalue weighted by atomic mass is 16.2. The third kappa shape index (κ3) is 8.62. The minimum absolute atomic E-state index is 0.0177. The standard InChI is InChI=1S/C42H47N9O6/c1-9-25-11-30(46(3)19-25)35(53)15-26-12-31(47(4)20-26)36(54)16-27-13-32(48(5)21-27)37(55)17-28-14-33(49(6)22-28)38(56)18-29-23-50(7)41(43-29)42(57)45-39-24-51(8)40(44-39)34(52)10-2/h11-14,19-24H,9-10,15-18H2,1-8H3,(H,45,57). The summed E-state index contributed by atoms with van der Waals surface area (Å²) < 4.78 is 10.0. The number of Topliss-reactive ketones (excluding diaryl/α,β-unsaturated/α-hetero) is 5. The summed E-state index contributed by atoms with van der Waals surface area (Å²) in [5, 5.41) is 2.66. The van der Waals surface area contributed by atoms with Crippen LogP contribution < -0.4 is 5.32 Å². The molecule has 1 amide bonds. The lowest BCUT2D eigenvalue weighted by atomic mass is 10.1. The first kappa shape index (κ1) is 40.0. The van der Waals surface area contributed by atoms with Crippen molar-refractivity contribution in [3.05, 3.63) is 124 Å². The molecule has 0 fully saturated rings. The Balaban J connectivity index is 1.06. The van der Waals surface area contributed by atoms with E-state index in [0.29, 0.717) is 39.6 Å². The SMILES string of the molecule is CCC(=O)c1nc(NC(=O)c2nc(CC(=O)c3cc(CC(=O)c4cc(CC(=O)c5cc(CC(=O)c6cc(CC)cn6C)cn5C)cn4C)cn3C)cn2C)cn1C. The molecule has 0 aromatic carbocycles. The molecule has 6 aromatic heterocycles. The summed E-state index contributed by atoms with van der Waals surface area (Å²) in [7, 11) is 10.4. The Labute approximate surface area is 329 Å². The highest BCUT2D eigenvalue weighted by molar-refractivity contribution is 6.03. The molecule has 0 unspecified atom stereocenters. The van der Waals surface area contributed by atoms with E-state index in [4.69, 9.17) is 0 Å². The summed E-state index contributed by atoms with van der Waals surface area (Å²) in [6, 6.07) is 7.06. The molecule has 15 heteroatoms. The van der Waals surface area contributed by atoms with Crippen molar-refractivity contribution in [3.8, 4) is 0 Å². The van der Waals surface area contributed by atoms with Crippen LogP contribution in [0.5, 0.6) is 0 Å². The zero-order valence-corrected chi connectivity index (χ0v) is 33.5. The van der Waals surface area contributed by atoms with Crippen molar-refractivity contribution in [1.82, 2.24) is 37.4 Å². The molecular formula is C42H47N9O6. The van der Waals surface area contributed by atoms with E-state index in [-0.39, 0.29) is 78.5 Å². The Morgan fingerprint density at radius 1 is 0.474 bits per heavy atom. The zero-order valence-electron chi connectivity index (χ0n) is 33.5. The normalized spacial score (nSPS) is 11.3. The van der Waals surface area contributed by atoms with Crippen LogP contribution >= 0.6 is 0 Å². The minimum atomic E-state index is -0.538. The predicted octanol–water partition coefficient (Wildman–Crippen LogP) is 4.62. The van der Waals surface area contributed by atoms with Gasteiger partial charge in [0.1, 0.15) is 0 Å². The molecule has 0 aliphatic heterocycles. The maximum Gasteiger partial charge on any atom is 0.292 e. The number of carbonyl (C=O) groups excluding carboxylic acids is 6. The number of carbonyl (C=O) groups is 6. The van der Waals surface area contributed by atoms with E-state index in [2.05, 4.69) is 15.3 Å². The van der Waals surface area contributed by atoms with E-state index in [9.17, 15) is 28.8 Å². The summed E-state index contributed by atoms with van der Waals surface area (Å²) in [6.07, 6.45) is 11.8. The van der Waals surface area contributed by atoms with E-state index in [1.165, 1.54) is 4.57 Å². The van der Waals surface area contributed by atoms with Gasteiger partial charge in [-0.05, 0) is 52.9 Å². The number of aryl methyl sites for hydroxylation is 7. The Kier molecular flexibility index (Phi) is 11.4. The van der Waals surface area contributed by atoms with Gasteiger partial charge in [0.05, 0.1) is 34.9 Å². The molecule has 0 aliphatic rings. The summed E-state index contributed by atoms with van der Waals surface area (Å²) >= 11 is 0. The van der Waals surface area contributed by atoms with Gasteiger partial charge in [-0.2, -0.15) is 0 Å². The highest BCUT2D eigenvalue weighted by Gasteiger charge is 2.23. The van der Waals surface area contributed by atoms with Crippen molar-refractivity contribution in [2.24, 2.45) is 42.3 Å². The quantitative estimate of drug-likeness (QED) is 0.131. The largest absolute Gasteiger partial charge is 0.348 e. The minimum Gasteiger partial charge on any atom is -0.348 e. The Bertz CT molecular complexity index is 2560. The van der Waals surface area contributed by atoms with Gasteiger partial charge in [-0.3, -0.25) is 28.8 Å². The highest BCUT2D eigenvalue weighted by Crippen LogP contribution is 2.20. The molecular weight excluding hydrogens is 727 g/mol. The number of nitrogens with zero attached hydrogens (tertiary/aromatic N) is 8. The van der Waals surface area contributed by atoms with Crippen molar-refractivity contribution < 1.29 is 28.8 Å². The van der Waals surface area contributed by atoms with Crippen LogP contribution in [0, 0.1) is 0 Å². The molecule has 0 saturated carbocycles. The molecule has 0 aliphatic carbocycles. The second kappa shape index (κ2) is 16.2. The molecule has 6 aromatic rings. The van der Waals surface area contributed by atoms with Crippen LogP contribution in [0.25, 0.3) is 0 Å². The lowest BCUT2D eigenvalue weighted by molar-refractivity contribution is 0.0969. The number of ketones is 5. The van der Waals surface area contributed by atoms with Gasteiger partial charge >= 0.3 is 0 Å². The molecule has 6 rings (SSSR count). The van der Waals surface area contributed by atoms with Crippen LogP contribution in [0.2, 0.25) is 0 Å². The third-order valence-electron chi connectivity index (χ3n) is 10.1. The van der Waals surface area contributed by atoms with Gasteiger partial charge in [-0.15, -0.1) is 0 Å². The van der Waals surface area contributed by atoms with Crippen molar-refractivity contribution >= 4 is 40.6 Å². The van der Waals surface area contributed by atoms with E-state index >= 15 is 0 Å². The first-order valence-corrected chi connectivity index (χ1v) is 18.7. The van der Waals surface area contributed by atoms with Gasteiger partial charge in [-0.25, -0.2) is 9.97 Å². The van der Waals surface area contributed by atoms with Gasteiger partial charge in [0.2, 0.25) is 0 Å². The van der Waals surface area contributed by atoms with Gasteiger partial charge < -0.3 is 32.7 Å². The molecule has 296 valence electrons. The molecule has 0 saturated heterocycles. The fourth-order valence-electron chi connectivity index (χ4n) is 7.15. The summed E-state index contributed by atoms with van der Waals surface area (Å²) in [5.41, 5.74) is 5.49. The third-order valence-corrected chi connectivity index (χ3v) is 10.1. The van der Waals surface area contributed by atoms with Gasteiger partial charge in [0.15, 0.2) is 46.4 Å². The van der Waals surface area contributed by atoms with Crippen LogP contribution in [-0.2, 0) is 74.4 Å². The summed E-state index contributed by atoms with van der Waals surface area (Å²) in [4.78, 5) is 87.0. The number of aromatic nitrogens is 8. The van der Waals surface area contributed by atoms with Crippen molar-refractivity contribution in [1.29, 1.82) is 0 Å². The smallest absolute Gasteiger partial charge is 0.292 e. The fourth-order valence-corrected chi connectivity index (χ4v) is 7.15.